The van der Waals surface area contributed by atoms with Gasteiger partial charge in [0.25, 0.3) is 0 Å². The van der Waals surface area contributed by atoms with Gasteiger partial charge in [-0.3, -0.25) is 14.6 Å². The number of aryl methyl sites for hydroxylation is 1. The summed E-state index contributed by atoms with van der Waals surface area (Å²) in [4.78, 5) is 28.1. The molecule has 10 N–H and O–H groups in total. The van der Waals surface area contributed by atoms with Crippen molar-refractivity contribution in [2.45, 2.75) is 32.2 Å². The van der Waals surface area contributed by atoms with Crippen molar-refractivity contribution in [2.24, 2.45) is 32.9 Å². The largest absolute Gasteiger partial charge is 0.370 e. The Morgan fingerprint density at radius 1 is 0.976 bits per heavy atom. The second-order valence-electron chi connectivity index (χ2n) is 9.59. The maximum absolute atomic E-state index is 14.7. The van der Waals surface area contributed by atoms with E-state index in [1.807, 2.05) is 36.4 Å². The summed E-state index contributed by atoms with van der Waals surface area (Å²) >= 11 is 6.34. The zero-order valence-electron chi connectivity index (χ0n) is 22.5. The van der Waals surface area contributed by atoms with Crippen LogP contribution in [0, 0.1) is 5.82 Å². The Kier molecular flexibility index (Phi) is 9.93. The monoisotopic (exact) mass is 580 g/mol. The number of hydrogen-bond acceptors (Lipinski definition) is 5. The van der Waals surface area contributed by atoms with Crippen LogP contribution in [0.2, 0.25) is 5.02 Å². The van der Waals surface area contributed by atoms with Crippen LogP contribution >= 0.6 is 11.6 Å². The number of aromatic amines is 1. The van der Waals surface area contributed by atoms with Gasteiger partial charge in [0.2, 0.25) is 0 Å². The Hall–Kier alpha value is -4.42. The maximum Gasteiger partial charge on any atom is 0.354 e. The summed E-state index contributed by atoms with van der Waals surface area (Å²) in [7, 11) is 0. The van der Waals surface area contributed by atoms with Crippen molar-refractivity contribution in [3.05, 3.63) is 81.1 Å². The second-order valence-corrected chi connectivity index (χ2v) is 9.96. The number of nitrogens with two attached hydrogens (primary N) is 4. The van der Waals surface area contributed by atoms with Gasteiger partial charge in [-0.25, -0.2) is 9.18 Å². The Bertz CT molecular complexity index is 1600. The highest BCUT2D eigenvalue weighted by Crippen LogP contribution is 2.33. The smallest absolute Gasteiger partial charge is 0.354 e. The third kappa shape index (κ3) is 8.05. The number of nitrogens with zero attached hydrogens (tertiary/aromatic N) is 4. The van der Waals surface area contributed by atoms with Gasteiger partial charge in [-0.1, -0.05) is 23.7 Å². The summed E-state index contributed by atoms with van der Waals surface area (Å²) in [6.45, 7) is 2.52. The minimum Gasteiger partial charge on any atom is -0.370 e. The van der Waals surface area contributed by atoms with Crippen LogP contribution in [0.5, 0.6) is 0 Å². The molecule has 2 heterocycles. The van der Waals surface area contributed by atoms with Gasteiger partial charge in [0.1, 0.15) is 11.5 Å². The van der Waals surface area contributed by atoms with Gasteiger partial charge < -0.3 is 33.2 Å². The van der Waals surface area contributed by atoms with Crippen molar-refractivity contribution < 1.29 is 4.39 Å². The first-order chi connectivity index (χ1) is 19.7. The van der Waals surface area contributed by atoms with Gasteiger partial charge in [0.05, 0.1) is 10.7 Å². The van der Waals surface area contributed by atoms with Crippen LogP contribution in [0.25, 0.3) is 28.0 Å². The Labute approximate surface area is 241 Å². The minimum absolute atomic E-state index is 0.00327. The Balaban J connectivity index is 1.48. The fourth-order valence-corrected chi connectivity index (χ4v) is 4.59. The molecule has 0 radical (unpaired) electrons. The standard InChI is InChI=1S/C28H34ClFN10O/c29-24-21(12-18(13-22(24)30)4-1-2-10-36-26(31)32)23-14-19-16-40(28(41)39-25(19)38-23)20-7-5-17(6-8-20)15-35-9-3-11-37-27(33)34/h5-8,12-14,16,35H,1-4,9-11,15H2,(H4,31,32,36)(H4,33,34,37)(H,38,39,41). The van der Waals surface area contributed by atoms with Gasteiger partial charge in [-0.2, -0.15) is 4.98 Å². The van der Waals surface area contributed by atoms with Crippen LogP contribution in [-0.4, -0.2) is 46.1 Å². The number of unbranched alkanes of at least 4 members (excludes halogenated alkanes) is 1. The average Bonchev–Trinajstić information content (AvgIpc) is 3.34. The first-order valence-electron chi connectivity index (χ1n) is 13.2. The SMILES string of the molecule is NC(N)=NCCCCc1cc(F)c(Cl)c(-c2cc3cn(-c4ccc(CNCCCN=C(N)N)cc4)c(=O)nc3[nH]2)c1. The quantitative estimate of drug-likeness (QED) is 0.0794. The lowest BCUT2D eigenvalue weighted by Gasteiger charge is -2.08. The molecule has 11 nitrogen and oxygen atoms in total. The van der Waals surface area contributed by atoms with E-state index in [0.717, 1.165) is 36.9 Å². The number of halogens is 2. The molecule has 13 heteroatoms. The summed E-state index contributed by atoms with van der Waals surface area (Å²) in [5.41, 5.74) is 24.9. The lowest BCUT2D eigenvalue weighted by molar-refractivity contribution is 0.624. The molecule has 0 saturated carbocycles. The Morgan fingerprint density at radius 2 is 1.68 bits per heavy atom. The first-order valence-corrected chi connectivity index (χ1v) is 13.6. The third-order valence-corrected chi connectivity index (χ3v) is 6.79. The molecule has 216 valence electrons. The fraction of sp³-hybridized carbons (Fsp3) is 0.286. The van der Waals surface area contributed by atoms with Crippen LogP contribution in [0.4, 0.5) is 4.39 Å². The number of aliphatic imine (C=N–C) groups is 2. The summed E-state index contributed by atoms with van der Waals surface area (Å²) in [6.07, 6.45) is 4.70. The van der Waals surface area contributed by atoms with Crippen molar-refractivity contribution >= 4 is 34.6 Å². The van der Waals surface area contributed by atoms with Crippen molar-refractivity contribution in [2.75, 3.05) is 19.6 Å². The van der Waals surface area contributed by atoms with E-state index in [4.69, 9.17) is 34.5 Å². The summed E-state index contributed by atoms with van der Waals surface area (Å²) in [6, 6.07) is 12.7. The predicted octanol–water partition coefficient (Wildman–Crippen LogP) is 2.52. The van der Waals surface area contributed by atoms with Gasteiger partial charge in [-0.15, -0.1) is 0 Å². The topological polar surface area (TPSA) is 192 Å². The van der Waals surface area contributed by atoms with Crippen LogP contribution in [0.15, 0.2) is 63.4 Å². The zero-order chi connectivity index (χ0) is 29.4. The molecule has 2 aromatic heterocycles. The van der Waals surface area contributed by atoms with Gasteiger partial charge in [0.15, 0.2) is 11.9 Å². The van der Waals surface area contributed by atoms with Crippen molar-refractivity contribution in [3.63, 3.8) is 0 Å². The molecule has 41 heavy (non-hydrogen) atoms. The minimum atomic E-state index is -0.516. The molecular formula is C28H34ClFN10O. The molecule has 4 aromatic rings. The van der Waals surface area contributed by atoms with E-state index >= 15 is 0 Å². The van der Waals surface area contributed by atoms with E-state index in [0.29, 0.717) is 54.0 Å². The molecule has 0 amide bonds. The summed E-state index contributed by atoms with van der Waals surface area (Å²) in [5, 5.41) is 4.02. The van der Waals surface area contributed by atoms with E-state index in [1.165, 1.54) is 10.6 Å². The van der Waals surface area contributed by atoms with Crippen LogP contribution in [0.3, 0.4) is 0 Å². The highest BCUT2D eigenvalue weighted by atomic mass is 35.5. The Morgan fingerprint density at radius 3 is 2.39 bits per heavy atom. The van der Waals surface area contributed by atoms with Crippen molar-refractivity contribution in [3.8, 4) is 16.9 Å². The molecule has 4 rings (SSSR count). The number of H-pyrrole nitrogens is 1. The number of rotatable bonds is 13. The number of fused-ring (bicyclic) bond motifs is 1. The van der Waals surface area contributed by atoms with Crippen LogP contribution in [-0.2, 0) is 13.0 Å². The second kappa shape index (κ2) is 13.8. The number of aromatic nitrogens is 3. The molecule has 0 aliphatic rings. The molecule has 0 aliphatic heterocycles. The molecule has 2 aromatic carbocycles. The number of benzene rings is 2. The van der Waals surface area contributed by atoms with E-state index in [1.54, 1.807) is 6.20 Å². The lowest BCUT2D eigenvalue weighted by Crippen LogP contribution is -2.23. The molecule has 0 aliphatic carbocycles. The van der Waals surface area contributed by atoms with Crippen LogP contribution in [0.1, 0.15) is 30.4 Å². The highest BCUT2D eigenvalue weighted by molar-refractivity contribution is 6.33. The molecule has 0 unspecified atom stereocenters. The summed E-state index contributed by atoms with van der Waals surface area (Å²) < 4.78 is 16.2. The predicted molar refractivity (Wildman–Crippen MR) is 163 cm³/mol. The van der Waals surface area contributed by atoms with Gasteiger partial charge >= 0.3 is 5.69 Å². The first kappa shape index (κ1) is 29.6. The van der Waals surface area contributed by atoms with Gasteiger partial charge in [0, 0.05) is 42.5 Å². The van der Waals surface area contributed by atoms with Gasteiger partial charge in [-0.05, 0) is 73.7 Å². The molecule has 0 bridgehead atoms. The number of nitrogens with one attached hydrogen (secondary N) is 2. The number of hydrogen-bond donors (Lipinski definition) is 6. The molecule has 0 spiro atoms. The normalized spacial score (nSPS) is 11.1. The molecular weight excluding hydrogens is 547 g/mol. The molecule has 0 saturated heterocycles. The maximum atomic E-state index is 14.7. The van der Waals surface area contributed by atoms with Crippen LogP contribution < -0.4 is 33.9 Å². The van der Waals surface area contributed by atoms with E-state index in [9.17, 15) is 9.18 Å². The van der Waals surface area contributed by atoms with E-state index in [2.05, 4.69) is 25.3 Å². The van der Waals surface area contributed by atoms with E-state index in [-0.39, 0.29) is 16.9 Å². The molecule has 0 atom stereocenters. The summed E-state index contributed by atoms with van der Waals surface area (Å²) in [5.74, 6) is -0.370. The third-order valence-electron chi connectivity index (χ3n) is 6.40. The van der Waals surface area contributed by atoms with E-state index < -0.39 is 11.5 Å². The molecule has 0 fully saturated rings. The number of guanidine groups is 2. The zero-order valence-corrected chi connectivity index (χ0v) is 23.3. The van der Waals surface area contributed by atoms with Crippen molar-refractivity contribution in [1.29, 1.82) is 0 Å². The highest BCUT2D eigenvalue weighted by Gasteiger charge is 2.15. The average molecular weight is 581 g/mol. The fourth-order valence-electron chi connectivity index (χ4n) is 4.38. The lowest BCUT2D eigenvalue weighted by atomic mass is 10.0. The van der Waals surface area contributed by atoms with Crippen molar-refractivity contribution in [1.82, 2.24) is 19.9 Å².